The molecule has 1 aliphatic heterocycles. The topological polar surface area (TPSA) is 101 Å². The number of hydrogen-bond acceptors (Lipinski definition) is 6. The minimum Gasteiger partial charge on any atom is -0.362 e. The fraction of sp³-hybridized carbons (Fsp3) is 0.533. The summed E-state index contributed by atoms with van der Waals surface area (Å²) in [6.45, 7) is 1.77. The van der Waals surface area contributed by atoms with E-state index in [4.69, 9.17) is 0 Å². The number of nitro benzene ring substituents is 1. The Hall–Kier alpha value is -2.37. The van der Waals surface area contributed by atoms with Crippen LogP contribution >= 0.6 is 0 Å². The Kier molecular flexibility index (Phi) is 5.68. The molecule has 0 N–H and O–H groups in total. The molecule has 0 radical (unpaired) electrons. The second-order valence-electron chi connectivity index (χ2n) is 6.24. The normalized spacial score (nSPS) is 16.9. The first kappa shape index (κ1) is 20.9. The number of nitrogens with zero attached hydrogens (tertiary/aromatic N) is 3. The summed E-state index contributed by atoms with van der Waals surface area (Å²) in [6.07, 6.45) is -3.74. The maximum Gasteiger partial charge on any atom is 0.416 e. The molecule has 1 atom stereocenters. The lowest BCUT2D eigenvalue weighted by Crippen LogP contribution is -2.52. The molecule has 1 aromatic rings. The lowest BCUT2D eigenvalue weighted by Gasteiger charge is -2.36. The third kappa shape index (κ3) is 4.67. The molecule has 0 saturated carbocycles. The standard InChI is InChI=1S/C15H18F3N3O5S/c1-10(27(2,25)26)14(22)20-7-5-19(6-8-20)12-4-3-11(15(16,17)18)9-13(12)21(23)24/h3-4,9-10H,5-8H2,1-2H3. The summed E-state index contributed by atoms with van der Waals surface area (Å²) in [7, 11) is -3.55. The highest BCUT2D eigenvalue weighted by Crippen LogP contribution is 2.36. The van der Waals surface area contributed by atoms with Crippen molar-refractivity contribution >= 4 is 27.1 Å². The first-order valence-electron chi connectivity index (χ1n) is 7.90. The van der Waals surface area contributed by atoms with E-state index in [0.717, 1.165) is 18.4 Å². The Balaban J connectivity index is 2.19. The van der Waals surface area contributed by atoms with Crippen molar-refractivity contribution in [1.29, 1.82) is 0 Å². The van der Waals surface area contributed by atoms with Crippen molar-refractivity contribution in [3.63, 3.8) is 0 Å². The molecule has 1 aliphatic rings. The zero-order valence-electron chi connectivity index (χ0n) is 14.6. The number of anilines is 1. The SMILES string of the molecule is CC(C(=O)N1CCN(c2ccc(C(F)(F)F)cc2[N+](=O)[O-])CC1)S(C)(=O)=O. The number of alkyl halides is 3. The minimum absolute atomic E-state index is 0.0243. The maximum absolute atomic E-state index is 12.8. The molecular weight excluding hydrogens is 391 g/mol. The third-order valence-electron chi connectivity index (χ3n) is 4.42. The van der Waals surface area contributed by atoms with E-state index in [9.17, 15) is 36.5 Å². The Bertz CT molecular complexity index is 849. The second-order valence-corrected chi connectivity index (χ2v) is 8.61. The highest BCUT2D eigenvalue weighted by atomic mass is 32.2. The van der Waals surface area contributed by atoms with Crippen molar-refractivity contribution in [2.24, 2.45) is 0 Å². The summed E-state index contributed by atoms with van der Waals surface area (Å²) in [5, 5.41) is 9.99. The van der Waals surface area contributed by atoms with Crippen LogP contribution in [-0.4, -0.2) is 61.8 Å². The molecule has 12 heteroatoms. The lowest BCUT2D eigenvalue weighted by atomic mass is 10.1. The largest absolute Gasteiger partial charge is 0.416 e. The number of halogens is 3. The van der Waals surface area contributed by atoms with Crippen LogP contribution in [0.4, 0.5) is 24.5 Å². The number of nitro groups is 1. The Morgan fingerprint density at radius 2 is 1.78 bits per heavy atom. The molecule has 0 bridgehead atoms. The van der Waals surface area contributed by atoms with Gasteiger partial charge in [-0.15, -0.1) is 0 Å². The van der Waals surface area contributed by atoms with E-state index in [1.165, 1.54) is 16.7 Å². The highest BCUT2D eigenvalue weighted by Gasteiger charge is 2.35. The molecule has 1 heterocycles. The third-order valence-corrected chi connectivity index (χ3v) is 5.91. The van der Waals surface area contributed by atoms with Gasteiger partial charge in [0.15, 0.2) is 9.84 Å². The predicted molar refractivity (Wildman–Crippen MR) is 91.2 cm³/mol. The Labute approximate surface area is 153 Å². The van der Waals surface area contributed by atoms with Crippen LogP contribution in [-0.2, 0) is 20.8 Å². The molecule has 1 saturated heterocycles. The van der Waals surface area contributed by atoms with Gasteiger partial charge in [0.05, 0.1) is 10.5 Å². The van der Waals surface area contributed by atoms with Crippen LogP contribution in [0.25, 0.3) is 0 Å². The van der Waals surface area contributed by atoms with Gasteiger partial charge in [0.2, 0.25) is 5.91 Å². The molecule has 150 valence electrons. The van der Waals surface area contributed by atoms with Crippen LogP contribution in [0.3, 0.4) is 0 Å². The summed E-state index contributed by atoms with van der Waals surface area (Å²) in [5.74, 6) is -0.570. The van der Waals surface area contributed by atoms with Crippen molar-refractivity contribution in [3.8, 4) is 0 Å². The van der Waals surface area contributed by atoms with Crippen LogP contribution < -0.4 is 4.90 Å². The average Bonchev–Trinajstić information content (AvgIpc) is 2.58. The van der Waals surface area contributed by atoms with Crippen LogP contribution in [0.2, 0.25) is 0 Å². The molecule has 27 heavy (non-hydrogen) atoms. The van der Waals surface area contributed by atoms with Crippen LogP contribution in [0, 0.1) is 10.1 Å². The molecule has 1 aromatic carbocycles. The summed E-state index contributed by atoms with van der Waals surface area (Å²) in [4.78, 5) is 25.4. The summed E-state index contributed by atoms with van der Waals surface area (Å²) in [5.41, 5.74) is -1.76. The molecule has 8 nitrogen and oxygen atoms in total. The van der Waals surface area contributed by atoms with E-state index < -0.39 is 43.3 Å². The van der Waals surface area contributed by atoms with Gasteiger partial charge in [-0.3, -0.25) is 14.9 Å². The van der Waals surface area contributed by atoms with Gasteiger partial charge in [-0.25, -0.2) is 8.42 Å². The molecular formula is C15H18F3N3O5S. The Morgan fingerprint density at radius 1 is 1.22 bits per heavy atom. The minimum atomic E-state index is -4.70. The smallest absolute Gasteiger partial charge is 0.362 e. The van der Waals surface area contributed by atoms with Gasteiger partial charge in [-0.05, 0) is 19.1 Å². The number of sulfone groups is 1. The number of benzene rings is 1. The fourth-order valence-corrected chi connectivity index (χ4v) is 3.24. The van der Waals surface area contributed by atoms with E-state index in [2.05, 4.69) is 0 Å². The quantitative estimate of drug-likeness (QED) is 0.554. The number of piperazine rings is 1. The van der Waals surface area contributed by atoms with Crippen molar-refractivity contribution < 1.29 is 31.3 Å². The van der Waals surface area contributed by atoms with Gasteiger partial charge in [0, 0.05) is 38.5 Å². The van der Waals surface area contributed by atoms with E-state index in [1.807, 2.05) is 0 Å². The van der Waals surface area contributed by atoms with E-state index in [-0.39, 0.29) is 31.9 Å². The van der Waals surface area contributed by atoms with E-state index in [1.54, 1.807) is 0 Å². The fourth-order valence-electron chi connectivity index (χ4n) is 2.72. The van der Waals surface area contributed by atoms with Gasteiger partial charge in [0.25, 0.3) is 5.69 Å². The molecule has 1 amide bonds. The van der Waals surface area contributed by atoms with Crippen LogP contribution in [0.5, 0.6) is 0 Å². The first-order valence-corrected chi connectivity index (χ1v) is 9.86. The van der Waals surface area contributed by atoms with E-state index >= 15 is 0 Å². The maximum atomic E-state index is 12.8. The number of rotatable bonds is 4. The molecule has 0 aliphatic carbocycles. The predicted octanol–water partition coefficient (Wildman–Crippen LogP) is 1.70. The van der Waals surface area contributed by atoms with Gasteiger partial charge >= 0.3 is 6.18 Å². The number of hydrogen-bond donors (Lipinski definition) is 0. The van der Waals surface area contributed by atoms with E-state index in [0.29, 0.717) is 6.07 Å². The molecule has 2 rings (SSSR count). The van der Waals surface area contributed by atoms with Crippen molar-refractivity contribution in [2.45, 2.75) is 18.3 Å². The lowest BCUT2D eigenvalue weighted by molar-refractivity contribution is -0.384. The summed E-state index contributed by atoms with van der Waals surface area (Å²) >= 11 is 0. The zero-order chi connectivity index (χ0) is 20.6. The molecule has 1 fully saturated rings. The number of amides is 1. The summed E-state index contributed by atoms with van der Waals surface area (Å²) < 4.78 is 61.4. The van der Waals surface area contributed by atoms with Crippen LogP contribution in [0.1, 0.15) is 12.5 Å². The zero-order valence-corrected chi connectivity index (χ0v) is 15.4. The molecule has 0 aromatic heterocycles. The monoisotopic (exact) mass is 409 g/mol. The van der Waals surface area contributed by atoms with Crippen molar-refractivity contribution in [1.82, 2.24) is 4.90 Å². The summed E-state index contributed by atoms with van der Waals surface area (Å²) in [6, 6.07) is 2.29. The van der Waals surface area contributed by atoms with Crippen molar-refractivity contribution in [2.75, 3.05) is 37.3 Å². The van der Waals surface area contributed by atoms with Gasteiger partial charge in [0.1, 0.15) is 10.9 Å². The van der Waals surface area contributed by atoms with Gasteiger partial charge < -0.3 is 9.80 Å². The number of carbonyl (C=O) groups is 1. The van der Waals surface area contributed by atoms with Crippen LogP contribution in [0.15, 0.2) is 18.2 Å². The first-order chi connectivity index (χ1) is 12.3. The molecule has 0 spiro atoms. The number of carbonyl (C=O) groups excluding carboxylic acids is 1. The average molecular weight is 409 g/mol. The Morgan fingerprint density at radius 3 is 2.22 bits per heavy atom. The van der Waals surface area contributed by atoms with Crippen molar-refractivity contribution in [3.05, 3.63) is 33.9 Å². The molecule has 1 unspecified atom stereocenters. The second kappa shape index (κ2) is 7.33. The van der Waals surface area contributed by atoms with Gasteiger partial charge in [-0.2, -0.15) is 13.2 Å². The highest BCUT2D eigenvalue weighted by molar-refractivity contribution is 7.92. The van der Waals surface area contributed by atoms with Gasteiger partial charge in [-0.1, -0.05) is 0 Å².